The van der Waals surface area contributed by atoms with Gasteiger partial charge >= 0.3 is 6.18 Å². The van der Waals surface area contributed by atoms with Gasteiger partial charge in [0.05, 0.1) is 16.9 Å². The topological polar surface area (TPSA) is 85.0 Å². The number of thiocarbonyl (C=S) groups is 1. The van der Waals surface area contributed by atoms with E-state index in [1.54, 1.807) is 6.92 Å². The van der Waals surface area contributed by atoms with E-state index in [0.717, 1.165) is 6.07 Å². The number of amides is 1. The third-order valence-corrected chi connectivity index (χ3v) is 3.25. The van der Waals surface area contributed by atoms with Crippen molar-refractivity contribution in [2.45, 2.75) is 19.6 Å². The van der Waals surface area contributed by atoms with Crippen LogP contribution in [0.1, 0.15) is 23.0 Å². The molecule has 0 unspecified atom stereocenters. The predicted octanol–water partition coefficient (Wildman–Crippen LogP) is 2.83. The molecule has 4 N–H and O–H groups in total. The minimum atomic E-state index is -4.52. The third kappa shape index (κ3) is 4.02. The van der Waals surface area contributed by atoms with Crippen LogP contribution in [0.5, 0.6) is 0 Å². The number of nitrogens with two attached hydrogens (primary N) is 1. The van der Waals surface area contributed by atoms with Crippen molar-refractivity contribution < 1.29 is 18.0 Å². The van der Waals surface area contributed by atoms with Crippen LogP contribution in [0.3, 0.4) is 0 Å². The first-order chi connectivity index (χ1) is 11.2. The summed E-state index contributed by atoms with van der Waals surface area (Å²) >= 11 is 5.01. The third-order valence-electron chi connectivity index (χ3n) is 3.05. The Morgan fingerprint density at radius 2 is 1.92 bits per heavy atom. The number of halogens is 3. The fraction of sp³-hybridized carbons (Fsp3) is 0.214. The maximum Gasteiger partial charge on any atom is 0.418 e. The lowest BCUT2D eigenvalue weighted by Gasteiger charge is -2.15. The summed E-state index contributed by atoms with van der Waals surface area (Å²) in [6.45, 7) is 2.29. The Morgan fingerprint density at radius 1 is 1.29 bits per heavy atom. The van der Waals surface area contributed by atoms with Crippen LogP contribution in [0.2, 0.25) is 0 Å². The van der Waals surface area contributed by atoms with Gasteiger partial charge in [-0.3, -0.25) is 9.48 Å². The number of anilines is 2. The molecule has 10 heteroatoms. The van der Waals surface area contributed by atoms with Crippen molar-refractivity contribution in [3.63, 3.8) is 0 Å². The van der Waals surface area contributed by atoms with Crippen LogP contribution < -0.4 is 16.4 Å². The van der Waals surface area contributed by atoms with Gasteiger partial charge in [0.25, 0.3) is 5.91 Å². The molecule has 2 aromatic rings. The molecule has 1 aromatic carbocycles. The first kappa shape index (κ1) is 17.7. The molecule has 6 nitrogen and oxygen atoms in total. The van der Waals surface area contributed by atoms with E-state index in [1.165, 1.54) is 29.1 Å². The Kier molecular flexibility index (Phi) is 5.07. The fourth-order valence-corrected chi connectivity index (χ4v) is 2.19. The molecule has 0 fully saturated rings. The lowest BCUT2D eigenvalue weighted by Crippen LogP contribution is -2.23. The molecular formula is C14H14F3N5OS. The van der Waals surface area contributed by atoms with Crippen molar-refractivity contribution in [1.82, 2.24) is 9.78 Å². The van der Waals surface area contributed by atoms with Gasteiger partial charge in [-0.1, -0.05) is 12.1 Å². The van der Waals surface area contributed by atoms with Crippen LogP contribution in [-0.4, -0.2) is 20.8 Å². The number of aryl methyl sites for hydroxylation is 1. The smallest absolute Gasteiger partial charge is 0.364 e. The van der Waals surface area contributed by atoms with E-state index in [1.807, 2.05) is 0 Å². The average Bonchev–Trinajstić information content (AvgIpc) is 2.89. The van der Waals surface area contributed by atoms with Crippen LogP contribution in [0.25, 0.3) is 0 Å². The second-order valence-electron chi connectivity index (χ2n) is 4.73. The Balaban J connectivity index is 2.21. The quantitative estimate of drug-likeness (QED) is 0.733. The van der Waals surface area contributed by atoms with Gasteiger partial charge in [-0.15, -0.1) is 0 Å². The van der Waals surface area contributed by atoms with E-state index >= 15 is 0 Å². The van der Waals surface area contributed by atoms with Gasteiger partial charge in [-0.05, 0) is 31.3 Å². The molecular weight excluding hydrogens is 343 g/mol. The number of hydrogen-bond donors (Lipinski definition) is 3. The van der Waals surface area contributed by atoms with Crippen LogP contribution in [0.15, 0.2) is 30.5 Å². The molecule has 0 aliphatic heterocycles. The lowest BCUT2D eigenvalue weighted by atomic mass is 10.1. The zero-order chi connectivity index (χ0) is 17.9. The number of primary amides is 1. The number of carbonyl (C=O) groups excluding carboxylic acids is 1. The van der Waals surface area contributed by atoms with E-state index < -0.39 is 17.6 Å². The predicted molar refractivity (Wildman–Crippen MR) is 87.7 cm³/mol. The molecule has 128 valence electrons. The highest BCUT2D eigenvalue weighted by atomic mass is 32.1. The Bertz CT molecular complexity index is 772. The number of carbonyl (C=O) groups is 1. The molecule has 0 radical (unpaired) electrons. The number of nitrogens with one attached hydrogen (secondary N) is 2. The molecule has 1 amide bonds. The van der Waals surface area contributed by atoms with E-state index in [0.29, 0.717) is 6.54 Å². The second-order valence-corrected chi connectivity index (χ2v) is 5.14. The van der Waals surface area contributed by atoms with Crippen molar-refractivity contribution in [1.29, 1.82) is 0 Å². The number of alkyl halides is 3. The molecule has 1 aromatic heterocycles. The van der Waals surface area contributed by atoms with E-state index in [2.05, 4.69) is 15.7 Å². The molecule has 0 aliphatic carbocycles. The molecule has 0 aliphatic rings. The zero-order valence-electron chi connectivity index (χ0n) is 12.5. The average molecular weight is 357 g/mol. The number of para-hydroxylation sites is 1. The van der Waals surface area contributed by atoms with Gasteiger partial charge in [-0.2, -0.15) is 18.3 Å². The largest absolute Gasteiger partial charge is 0.418 e. The van der Waals surface area contributed by atoms with Crippen LogP contribution >= 0.6 is 12.2 Å². The van der Waals surface area contributed by atoms with Crippen molar-refractivity contribution in [2.24, 2.45) is 5.73 Å². The van der Waals surface area contributed by atoms with Crippen molar-refractivity contribution in [2.75, 3.05) is 10.6 Å². The molecule has 1 heterocycles. The molecule has 0 spiro atoms. The lowest BCUT2D eigenvalue weighted by molar-refractivity contribution is -0.136. The summed E-state index contributed by atoms with van der Waals surface area (Å²) in [7, 11) is 0. The highest BCUT2D eigenvalue weighted by Crippen LogP contribution is 2.34. The van der Waals surface area contributed by atoms with Gasteiger partial charge in [0, 0.05) is 12.7 Å². The van der Waals surface area contributed by atoms with Crippen LogP contribution in [0, 0.1) is 0 Å². The Morgan fingerprint density at radius 3 is 2.50 bits per heavy atom. The molecule has 2 rings (SSSR count). The molecule has 0 atom stereocenters. The van der Waals surface area contributed by atoms with Gasteiger partial charge < -0.3 is 16.4 Å². The van der Waals surface area contributed by atoms with Gasteiger partial charge in [0.15, 0.2) is 10.8 Å². The molecule has 0 saturated carbocycles. The van der Waals surface area contributed by atoms with Crippen molar-refractivity contribution in [3.05, 3.63) is 41.7 Å². The maximum absolute atomic E-state index is 13.0. The Labute approximate surface area is 140 Å². The number of aromatic nitrogens is 2. The van der Waals surface area contributed by atoms with Crippen molar-refractivity contribution in [3.8, 4) is 0 Å². The summed E-state index contributed by atoms with van der Waals surface area (Å²) in [5.41, 5.74) is 4.33. The van der Waals surface area contributed by atoms with Gasteiger partial charge in [-0.25, -0.2) is 0 Å². The van der Waals surface area contributed by atoms with Gasteiger partial charge in [0.1, 0.15) is 0 Å². The summed E-state index contributed by atoms with van der Waals surface area (Å²) in [5.74, 6) is -0.775. The number of benzene rings is 1. The minimum Gasteiger partial charge on any atom is -0.364 e. The normalized spacial score (nSPS) is 11.2. The first-order valence-electron chi connectivity index (χ1n) is 6.84. The maximum atomic E-state index is 13.0. The highest BCUT2D eigenvalue weighted by molar-refractivity contribution is 7.80. The standard InChI is InChI=1S/C14H14F3N5OS/c1-2-22-7-10(11(21-22)12(18)23)20-13(24)19-9-6-4-3-5-8(9)14(15,16)17/h3-7H,2H2,1H3,(H2,18,23)(H2,19,20,24). The zero-order valence-corrected chi connectivity index (χ0v) is 13.3. The first-order valence-corrected chi connectivity index (χ1v) is 7.24. The SMILES string of the molecule is CCn1cc(NC(=S)Nc2ccccc2C(F)(F)F)c(C(N)=O)n1. The molecule has 0 saturated heterocycles. The fourth-order valence-electron chi connectivity index (χ4n) is 1.97. The monoisotopic (exact) mass is 357 g/mol. The van der Waals surface area contributed by atoms with E-state index in [4.69, 9.17) is 18.0 Å². The summed E-state index contributed by atoms with van der Waals surface area (Å²) < 4.78 is 40.4. The number of nitrogens with zero attached hydrogens (tertiary/aromatic N) is 2. The minimum absolute atomic E-state index is 0.0508. The Hall–Kier alpha value is -2.62. The van der Waals surface area contributed by atoms with Crippen LogP contribution in [0.4, 0.5) is 24.5 Å². The molecule has 0 bridgehead atoms. The van der Waals surface area contributed by atoms with E-state index in [9.17, 15) is 18.0 Å². The number of hydrogen-bond acceptors (Lipinski definition) is 3. The summed E-state index contributed by atoms with van der Waals surface area (Å²) in [4.78, 5) is 11.4. The number of rotatable bonds is 4. The van der Waals surface area contributed by atoms with Gasteiger partial charge in [0.2, 0.25) is 0 Å². The van der Waals surface area contributed by atoms with E-state index in [-0.39, 0.29) is 22.2 Å². The summed E-state index contributed by atoms with van der Waals surface area (Å²) in [6, 6.07) is 4.92. The second kappa shape index (κ2) is 6.87. The summed E-state index contributed by atoms with van der Waals surface area (Å²) in [5, 5.41) is 8.95. The highest BCUT2D eigenvalue weighted by Gasteiger charge is 2.33. The van der Waals surface area contributed by atoms with Crippen LogP contribution in [-0.2, 0) is 12.7 Å². The van der Waals surface area contributed by atoms with Crippen molar-refractivity contribution >= 4 is 34.6 Å². The summed E-state index contributed by atoms with van der Waals surface area (Å²) in [6.07, 6.45) is -3.03. The molecule has 24 heavy (non-hydrogen) atoms.